The monoisotopic (exact) mass is 1250 g/mol. The summed E-state index contributed by atoms with van der Waals surface area (Å²) in [5.41, 5.74) is 0. The largest absolute Gasteiger partial charge is 0.472 e. The molecule has 0 aliphatic heterocycles. The van der Waals surface area contributed by atoms with Gasteiger partial charge in [0.25, 0.3) is 0 Å². The van der Waals surface area contributed by atoms with Crippen LogP contribution >= 0.6 is 15.6 Å². The van der Waals surface area contributed by atoms with E-state index in [4.69, 9.17) is 37.0 Å². The van der Waals surface area contributed by atoms with Gasteiger partial charge in [-0.25, -0.2) is 9.13 Å². The zero-order valence-electron chi connectivity index (χ0n) is 54.9. The Morgan fingerprint density at radius 1 is 0.318 bits per heavy atom. The standard InChI is InChI=1S/C66H128O17P2/c1-7-9-11-13-15-17-25-32-38-44-50-65(70)82-61(54-76-63(68)48-42-36-30-16-14-12-10-8-2)56-80-84(72,73)78-52-60(67)53-79-85(74,75)81-57-62(55-77-64(69)49-43-37-31-26-22-21-24-29-35-41-47-59(5)6)83-66(71)51-45-39-33-27-20-18-19-23-28-34-40-46-58(3)4/h58-62,67H,7-57H2,1-6H3,(H,72,73)(H,74,75)/t60-,61+,62+/m0/s1. The number of hydrogen-bond acceptors (Lipinski definition) is 15. The SMILES string of the molecule is CCCCCCCCCCCCC(=O)O[C@H](COC(=O)CCCCCCCCCC)COP(=O)(O)OC[C@H](O)COP(=O)(O)OC[C@@H](COC(=O)CCCCCCCCCCCCC(C)C)OC(=O)CCCCCCCCCCCCCC(C)C. The summed E-state index contributed by atoms with van der Waals surface area (Å²) in [4.78, 5) is 72.2. The summed E-state index contributed by atoms with van der Waals surface area (Å²) < 4.78 is 68.0. The Labute approximate surface area is 517 Å². The van der Waals surface area contributed by atoms with Gasteiger partial charge in [-0.3, -0.25) is 37.3 Å². The third-order valence-corrected chi connectivity index (χ3v) is 17.1. The van der Waals surface area contributed by atoms with Crippen molar-refractivity contribution in [1.29, 1.82) is 0 Å². The van der Waals surface area contributed by atoms with Crippen molar-refractivity contribution in [3.05, 3.63) is 0 Å². The Bertz CT molecular complexity index is 1670. The van der Waals surface area contributed by atoms with Crippen molar-refractivity contribution >= 4 is 39.5 Å². The molecule has 0 saturated carbocycles. The molecule has 0 fully saturated rings. The van der Waals surface area contributed by atoms with Crippen molar-refractivity contribution < 1.29 is 80.2 Å². The fourth-order valence-corrected chi connectivity index (χ4v) is 11.5. The molecular weight excluding hydrogens is 1130 g/mol. The van der Waals surface area contributed by atoms with Crippen molar-refractivity contribution in [3.63, 3.8) is 0 Å². The van der Waals surface area contributed by atoms with Gasteiger partial charge in [0.1, 0.15) is 19.3 Å². The van der Waals surface area contributed by atoms with E-state index in [1.165, 1.54) is 141 Å². The van der Waals surface area contributed by atoms with E-state index in [-0.39, 0.29) is 25.7 Å². The van der Waals surface area contributed by atoms with Crippen molar-refractivity contribution in [2.24, 2.45) is 11.8 Å². The number of phosphoric acid groups is 2. The van der Waals surface area contributed by atoms with Gasteiger partial charge in [0, 0.05) is 25.7 Å². The highest BCUT2D eigenvalue weighted by Crippen LogP contribution is 2.45. The maximum atomic E-state index is 13.0. The molecule has 0 heterocycles. The second-order valence-electron chi connectivity index (χ2n) is 24.8. The van der Waals surface area contributed by atoms with Crippen molar-refractivity contribution in [2.75, 3.05) is 39.6 Å². The molecule has 0 spiro atoms. The maximum absolute atomic E-state index is 13.0. The Morgan fingerprint density at radius 2 is 0.541 bits per heavy atom. The van der Waals surface area contributed by atoms with E-state index in [2.05, 4.69) is 41.5 Å². The number of carbonyl (C=O) groups is 4. The molecule has 85 heavy (non-hydrogen) atoms. The van der Waals surface area contributed by atoms with Crippen molar-refractivity contribution in [1.82, 2.24) is 0 Å². The quantitative estimate of drug-likeness (QED) is 0.0222. The van der Waals surface area contributed by atoms with Gasteiger partial charge in [-0.2, -0.15) is 0 Å². The molecule has 0 bridgehead atoms. The molecule has 19 heteroatoms. The summed E-state index contributed by atoms with van der Waals surface area (Å²) >= 11 is 0. The summed E-state index contributed by atoms with van der Waals surface area (Å²) in [6, 6.07) is 0. The van der Waals surface area contributed by atoms with E-state index in [9.17, 15) is 43.2 Å². The normalized spacial score (nSPS) is 14.2. The third kappa shape index (κ3) is 60.7. The first-order chi connectivity index (χ1) is 40.9. The smallest absolute Gasteiger partial charge is 0.462 e. The maximum Gasteiger partial charge on any atom is 0.472 e. The van der Waals surface area contributed by atoms with Gasteiger partial charge in [-0.1, -0.05) is 279 Å². The van der Waals surface area contributed by atoms with Gasteiger partial charge in [0.05, 0.1) is 26.4 Å². The van der Waals surface area contributed by atoms with Crippen LogP contribution in [0.5, 0.6) is 0 Å². The van der Waals surface area contributed by atoms with Crippen LogP contribution in [-0.2, 0) is 65.4 Å². The van der Waals surface area contributed by atoms with Crippen LogP contribution in [0.2, 0.25) is 0 Å². The molecule has 0 saturated heterocycles. The molecule has 0 rings (SSSR count). The minimum Gasteiger partial charge on any atom is -0.462 e. The van der Waals surface area contributed by atoms with Gasteiger partial charge in [0.15, 0.2) is 12.2 Å². The Morgan fingerprint density at radius 3 is 0.800 bits per heavy atom. The van der Waals surface area contributed by atoms with Gasteiger partial charge < -0.3 is 33.8 Å². The molecule has 3 N–H and O–H groups in total. The fraction of sp³-hybridized carbons (Fsp3) is 0.939. The third-order valence-electron chi connectivity index (χ3n) is 15.2. The van der Waals surface area contributed by atoms with Crippen LogP contribution in [0.15, 0.2) is 0 Å². The molecule has 2 unspecified atom stereocenters. The second-order valence-corrected chi connectivity index (χ2v) is 27.7. The van der Waals surface area contributed by atoms with E-state index < -0.39 is 97.5 Å². The second kappa shape index (κ2) is 58.4. The van der Waals surface area contributed by atoms with Crippen LogP contribution in [0.3, 0.4) is 0 Å². The van der Waals surface area contributed by atoms with Crippen LogP contribution in [0, 0.1) is 11.8 Å². The van der Waals surface area contributed by atoms with E-state index in [1.807, 2.05) is 0 Å². The zero-order chi connectivity index (χ0) is 62.9. The molecule has 5 atom stereocenters. The number of esters is 4. The molecule has 0 aromatic carbocycles. The summed E-state index contributed by atoms with van der Waals surface area (Å²) in [5.74, 6) is -0.608. The lowest BCUT2D eigenvalue weighted by molar-refractivity contribution is -0.161. The number of unbranched alkanes of at least 4 members (excludes halogenated alkanes) is 35. The highest BCUT2D eigenvalue weighted by Gasteiger charge is 2.30. The number of rotatable bonds is 65. The van der Waals surface area contributed by atoms with Crippen molar-refractivity contribution in [3.8, 4) is 0 Å². The predicted molar refractivity (Wildman–Crippen MR) is 340 cm³/mol. The van der Waals surface area contributed by atoms with Crippen LogP contribution < -0.4 is 0 Å². The molecule has 504 valence electrons. The minimum atomic E-state index is -4.95. The number of aliphatic hydroxyl groups excluding tert-OH is 1. The van der Waals surface area contributed by atoms with Gasteiger partial charge in [-0.05, 0) is 37.5 Å². The summed E-state index contributed by atoms with van der Waals surface area (Å²) in [7, 11) is -9.89. The summed E-state index contributed by atoms with van der Waals surface area (Å²) in [5, 5.41) is 10.5. The molecule has 17 nitrogen and oxygen atoms in total. The lowest BCUT2D eigenvalue weighted by Crippen LogP contribution is -2.30. The van der Waals surface area contributed by atoms with Gasteiger partial charge in [0.2, 0.25) is 0 Å². The van der Waals surface area contributed by atoms with Crippen LogP contribution in [-0.4, -0.2) is 96.7 Å². The molecule has 0 aromatic rings. The zero-order valence-corrected chi connectivity index (χ0v) is 56.7. The molecule has 0 aliphatic carbocycles. The topological polar surface area (TPSA) is 237 Å². The van der Waals surface area contributed by atoms with E-state index in [0.717, 1.165) is 108 Å². The van der Waals surface area contributed by atoms with Crippen LogP contribution in [0.25, 0.3) is 0 Å². The number of hydrogen-bond donors (Lipinski definition) is 3. The fourth-order valence-electron chi connectivity index (χ4n) is 9.88. The highest BCUT2D eigenvalue weighted by atomic mass is 31.2. The first-order valence-electron chi connectivity index (χ1n) is 34.5. The summed E-state index contributed by atoms with van der Waals surface area (Å²) in [6.07, 6.45) is 41.6. The van der Waals surface area contributed by atoms with Crippen LogP contribution in [0.1, 0.15) is 330 Å². The lowest BCUT2D eigenvalue weighted by atomic mass is 10.0. The molecule has 0 radical (unpaired) electrons. The molecular formula is C66H128O17P2. The van der Waals surface area contributed by atoms with E-state index >= 15 is 0 Å². The average Bonchev–Trinajstić information content (AvgIpc) is 3.50. The van der Waals surface area contributed by atoms with E-state index in [0.29, 0.717) is 25.7 Å². The Hall–Kier alpha value is -1.94. The lowest BCUT2D eigenvalue weighted by Gasteiger charge is -2.21. The number of aliphatic hydroxyl groups is 1. The number of carbonyl (C=O) groups excluding carboxylic acids is 4. The number of ether oxygens (including phenoxy) is 4. The molecule has 0 aliphatic rings. The highest BCUT2D eigenvalue weighted by molar-refractivity contribution is 7.47. The first kappa shape index (κ1) is 83.1. The average molecular weight is 1260 g/mol. The minimum absolute atomic E-state index is 0.106. The molecule has 0 aromatic heterocycles. The van der Waals surface area contributed by atoms with Crippen molar-refractivity contribution in [2.45, 2.75) is 349 Å². The number of phosphoric ester groups is 2. The molecule has 0 amide bonds. The van der Waals surface area contributed by atoms with Crippen LogP contribution in [0.4, 0.5) is 0 Å². The summed E-state index contributed by atoms with van der Waals surface area (Å²) in [6.45, 7) is 9.48. The van der Waals surface area contributed by atoms with Gasteiger partial charge in [-0.15, -0.1) is 0 Å². The Balaban J connectivity index is 5.23. The Kier molecular flexibility index (Phi) is 57.1. The van der Waals surface area contributed by atoms with Gasteiger partial charge >= 0.3 is 39.5 Å². The predicted octanol–water partition coefficient (Wildman–Crippen LogP) is 18.4. The first-order valence-corrected chi connectivity index (χ1v) is 37.5. The van der Waals surface area contributed by atoms with E-state index in [1.54, 1.807) is 0 Å².